The van der Waals surface area contributed by atoms with Gasteiger partial charge in [-0.15, -0.1) is 0 Å². The van der Waals surface area contributed by atoms with Crippen LogP contribution < -0.4 is 10.5 Å². The lowest BCUT2D eigenvalue weighted by atomic mass is 10.2. The van der Waals surface area contributed by atoms with Crippen molar-refractivity contribution in [3.8, 4) is 0 Å². The van der Waals surface area contributed by atoms with Gasteiger partial charge in [-0.25, -0.2) is 0 Å². The van der Waals surface area contributed by atoms with Crippen molar-refractivity contribution in [2.75, 3.05) is 38.6 Å². The Labute approximate surface area is 122 Å². The molecule has 0 amide bonds. The molecule has 20 heavy (non-hydrogen) atoms. The molecule has 0 spiro atoms. The topological polar surface area (TPSA) is 105 Å². The second-order valence-corrected chi connectivity index (χ2v) is 5.07. The lowest BCUT2D eigenvalue weighted by molar-refractivity contribution is -0.384. The van der Waals surface area contributed by atoms with Crippen LogP contribution in [0.1, 0.15) is 6.42 Å². The van der Waals surface area contributed by atoms with E-state index in [1.807, 2.05) is 11.9 Å². The fourth-order valence-corrected chi connectivity index (χ4v) is 2.07. The molecule has 0 bridgehead atoms. The number of likely N-dealkylation sites (N-methyl/N-ethyl adjacent to an activating group) is 1. The number of aliphatic hydroxyl groups is 1. The second-order valence-electron chi connectivity index (χ2n) is 4.36. The minimum absolute atomic E-state index is 0.0316. The number of hydrogen-bond acceptors (Lipinski definition) is 7. The lowest BCUT2D eigenvalue weighted by Crippen LogP contribution is -2.24. The standard InChI is InChI=1S/C12H20N4O3S/c1-15(7-8-17)6-2-5-14-11-4-3-10(20-13)9-12(11)16(18)19/h3-4,9,14,17H,2,5-8,13H2,1H3. The maximum atomic E-state index is 11.0. The van der Waals surface area contributed by atoms with Gasteiger partial charge in [-0.3, -0.25) is 15.3 Å². The van der Waals surface area contributed by atoms with Crippen LogP contribution in [0.25, 0.3) is 0 Å². The van der Waals surface area contributed by atoms with E-state index in [-0.39, 0.29) is 12.3 Å². The summed E-state index contributed by atoms with van der Waals surface area (Å²) < 4.78 is 0. The molecule has 0 atom stereocenters. The van der Waals surface area contributed by atoms with Gasteiger partial charge in [-0.2, -0.15) is 0 Å². The van der Waals surface area contributed by atoms with E-state index in [4.69, 9.17) is 10.2 Å². The molecule has 0 unspecified atom stereocenters. The van der Waals surface area contributed by atoms with Crippen molar-refractivity contribution in [1.29, 1.82) is 0 Å². The third-order valence-electron chi connectivity index (χ3n) is 2.82. The largest absolute Gasteiger partial charge is 0.395 e. The summed E-state index contributed by atoms with van der Waals surface area (Å²) in [7, 11) is 1.92. The number of benzene rings is 1. The van der Waals surface area contributed by atoms with Crippen LogP contribution in [0.4, 0.5) is 11.4 Å². The highest BCUT2D eigenvalue weighted by molar-refractivity contribution is 7.97. The molecule has 8 heteroatoms. The van der Waals surface area contributed by atoms with Gasteiger partial charge in [-0.1, -0.05) is 0 Å². The third-order valence-corrected chi connectivity index (χ3v) is 3.34. The van der Waals surface area contributed by atoms with Crippen LogP contribution in [0.2, 0.25) is 0 Å². The molecule has 0 aliphatic carbocycles. The van der Waals surface area contributed by atoms with Crippen molar-refractivity contribution in [3.05, 3.63) is 28.3 Å². The molecule has 0 saturated heterocycles. The molecule has 0 heterocycles. The first-order valence-electron chi connectivity index (χ1n) is 6.27. The fraction of sp³-hybridized carbons (Fsp3) is 0.500. The van der Waals surface area contributed by atoms with Gasteiger partial charge in [-0.05, 0) is 44.1 Å². The molecule has 1 aromatic rings. The van der Waals surface area contributed by atoms with Gasteiger partial charge in [0.1, 0.15) is 5.69 Å². The Morgan fingerprint density at radius 2 is 2.25 bits per heavy atom. The van der Waals surface area contributed by atoms with E-state index in [2.05, 4.69) is 5.32 Å². The zero-order valence-electron chi connectivity index (χ0n) is 11.4. The average Bonchev–Trinajstić information content (AvgIpc) is 2.43. The van der Waals surface area contributed by atoms with Crippen LogP contribution in [0, 0.1) is 10.1 Å². The Kier molecular flexibility index (Phi) is 7.31. The Balaban J connectivity index is 2.53. The predicted molar refractivity (Wildman–Crippen MR) is 80.8 cm³/mol. The van der Waals surface area contributed by atoms with Gasteiger partial charge in [0.05, 0.1) is 11.5 Å². The Morgan fingerprint density at radius 3 is 2.85 bits per heavy atom. The number of nitrogens with zero attached hydrogens (tertiary/aromatic N) is 2. The number of nitro groups is 1. The van der Waals surface area contributed by atoms with E-state index >= 15 is 0 Å². The predicted octanol–water partition coefficient (Wildman–Crippen LogP) is 1.29. The van der Waals surface area contributed by atoms with Gasteiger partial charge in [0, 0.05) is 24.1 Å². The normalized spacial score (nSPS) is 10.8. The summed E-state index contributed by atoms with van der Waals surface area (Å²) in [5.41, 5.74) is 0.529. The molecule has 0 aliphatic rings. The molecule has 0 fully saturated rings. The molecule has 0 saturated carbocycles. The number of nitro benzene ring substituents is 1. The lowest BCUT2D eigenvalue weighted by Gasteiger charge is -2.15. The molecule has 0 radical (unpaired) electrons. The second kappa shape index (κ2) is 8.75. The first-order valence-corrected chi connectivity index (χ1v) is 7.15. The summed E-state index contributed by atoms with van der Waals surface area (Å²) in [6.07, 6.45) is 0.834. The first kappa shape index (κ1) is 16.7. The molecule has 4 N–H and O–H groups in total. The van der Waals surface area contributed by atoms with E-state index in [1.165, 1.54) is 6.07 Å². The molecule has 112 valence electrons. The van der Waals surface area contributed by atoms with Gasteiger partial charge >= 0.3 is 0 Å². The first-order chi connectivity index (χ1) is 9.58. The maximum absolute atomic E-state index is 11.0. The Morgan fingerprint density at radius 1 is 1.50 bits per heavy atom. The minimum atomic E-state index is -0.417. The number of aliphatic hydroxyl groups excluding tert-OH is 1. The van der Waals surface area contributed by atoms with Crippen molar-refractivity contribution in [1.82, 2.24) is 4.90 Å². The van der Waals surface area contributed by atoms with Crippen LogP contribution in [-0.4, -0.2) is 48.2 Å². The molecule has 1 rings (SSSR count). The summed E-state index contributed by atoms with van der Waals surface area (Å²) in [5, 5.41) is 28.2. The highest BCUT2D eigenvalue weighted by atomic mass is 32.2. The molecule has 0 aliphatic heterocycles. The van der Waals surface area contributed by atoms with E-state index in [9.17, 15) is 10.1 Å². The average molecular weight is 300 g/mol. The van der Waals surface area contributed by atoms with Gasteiger partial charge in [0.2, 0.25) is 0 Å². The van der Waals surface area contributed by atoms with Crippen LogP contribution in [0.5, 0.6) is 0 Å². The van der Waals surface area contributed by atoms with E-state index in [0.717, 1.165) is 24.9 Å². The van der Waals surface area contributed by atoms with Gasteiger partial charge in [0.15, 0.2) is 0 Å². The zero-order valence-corrected chi connectivity index (χ0v) is 12.2. The van der Waals surface area contributed by atoms with Crippen molar-refractivity contribution in [3.63, 3.8) is 0 Å². The van der Waals surface area contributed by atoms with E-state index in [1.54, 1.807) is 12.1 Å². The smallest absolute Gasteiger partial charge is 0.293 e. The molecule has 1 aromatic carbocycles. The highest BCUT2D eigenvalue weighted by Gasteiger charge is 2.14. The number of rotatable bonds is 9. The number of hydrogen-bond donors (Lipinski definition) is 3. The summed E-state index contributed by atoms with van der Waals surface area (Å²) in [6.45, 7) is 2.21. The van der Waals surface area contributed by atoms with Gasteiger partial charge in [0.25, 0.3) is 5.69 Å². The summed E-state index contributed by atoms with van der Waals surface area (Å²) in [6, 6.07) is 4.88. The minimum Gasteiger partial charge on any atom is -0.395 e. The Bertz CT molecular complexity index is 445. The fourth-order valence-electron chi connectivity index (χ4n) is 1.74. The van der Waals surface area contributed by atoms with E-state index < -0.39 is 4.92 Å². The molecule has 0 aromatic heterocycles. The summed E-state index contributed by atoms with van der Waals surface area (Å²) in [4.78, 5) is 13.2. The maximum Gasteiger partial charge on any atom is 0.293 e. The van der Waals surface area contributed by atoms with Crippen LogP contribution in [0.15, 0.2) is 23.1 Å². The Hall–Kier alpha value is -1.35. The van der Waals surface area contributed by atoms with Crippen molar-refractivity contribution in [2.24, 2.45) is 5.14 Å². The van der Waals surface area contributed by atoms with Crippen LogP contribution >= 0.6 is 11.9 Å². The number of anilines is 1. The molecular weight excluding hydrogens is 280 g/mol. The number of nitrogens with two attached hydrogens (primary N) is 1. The SMILES string of the molecule is CN(CCO)CCCNc1ccc(SN)cc1[N+](=O)[O-]. The van der Waals surface area contributed by atoms with Gasteiger partial charge < -0.3 is 15.3 Å². The van der Waals surface area contributed by atoms with Crippen LogP contribution in [0.3, 0.4) is 0 Å². The van der Waals surface area contributed by atoms with Crippen molar-refractivity contribution in [2.45, 2.75) is 11.3 Å². The third kappa shape index (κ3) is 5.33. The zero-order chi connectivity index (χ0) is 15.0. The highest BCUT2D eigenvalue weighted by Crippen LogP contribution is 2.28. The molecule has 7 nitrogen and oxygen atoms in total. The van der Waals surface area contributed by atoms with Crippen LogP contribution in [-0.2, 0) is 0 Å². The molecular formula is C12H20N4O3S. The summed E-state index contributed by atoms with van der Waals surface area (Å²) in [5.74, 6) is 0. The summed E-state index contributed by atoms with van der Waals surface area (Å²) >= 11 is 0.984. The number of nitrogens with one attached hydrogen (secondary N) is 1. The van der Waals surface area contributed by atoms with E-state index in [0.29, 0.717) is 23.7 Å². The van der Waals surface area contributed by atoms with Crippen molar-refractivity contribution >= 4 is 23.3 Å². The van der Waals surface area contributed by atoms with Crippen molar-refractivity contribution < 1.29 is 10.0 Å². The quantitative estimate of drug-likeness (QED) is 0.273. The monoisotopic (exact) mass is 300 g/mol.